The molecular weight excluding hydrogens is 170 g/mol. The second kappa shape index (κ2) is 3.39. The first kappa shape index (κ1) is 8.49. The molecule has 1 nitrogen and oxygen atoms in total. The van der Waals surface area contributed by atoms with E-state index in [1.165, 1.54) is 19.3 Å². The molecule has 2 atom stereocenters. The van der Waals surface area contributed by atoms with Gasteiger partial charge in [-0.2, -0.15) is 0 Å². The summed E-state index contributed by atoms with van der Waals surface area (Å²) in [6, 6.07) is 8.99. The Bertz CT molecular complexity index is 332. The number of hydrogen-bond donors (Lipinski definition) is 0. The molecule has 0 aromatic heterocycles. The van der Waals surface area contributed by atoms with Gasteiger partial charge in [-0.15, -0.1) is 0 Å². The molecule has 1 aliphatic carbocycles. The minimum absolute atomic E-state index is 0.817. The molecule has 1 heterocycles. The van der Waals surface area contributed by atoms with E-state index in [1.807, 2.05) is 0 Å². The molecule has 1 saturated heterocycles. The van der Waals surface area contributed by atoms with Crippen LogP contribution in [0.15, 0.2) is 24.3 Å². The Kier molecular flexibility index (Phi) is 2.06. The molecule has 1 heteroatoms. The van der Waals surface area contributed by atoms with Gasteiger partial charge in [0.15, 0.2) is 0 Å². The minimum Gasteiger partial charge on any atom is -0.241 e. The third-order valence-corrected chi connectivity index (χ3v) is 3.77. The Balaban J connectivity index is 1.99. The van der Waals surface area contributed by atoms with Crippen LogP contribution in [0.2, 0.25) is 0 Å². The van der Waals surface area contributed by atoms with Crippen molar-refractivity contribution in [2.75, 3.05) is 13.1 Å². The van der Waals surface area contributed by atoms with Gasteiger partial charge < -0.3 is 0 Å². The number of nitrogens with zero attached hydrogens (tertiary/aromatic N) is 1. The van der Waals surface area contributed by atoms with Crippen LogP contribution >= 0.6 is 0 Å². The summed E-state index contributed by atoms with van der Waals surface area (Å²) in [6.07, 6.45) is 3.90. The molecule has 1 aromatic rings. The van der Waals surface area contributed by atoms with E-state index in [0.717, 1.165) is 24.9 Å². The summed E-state index contributed by atoms with van der Waals surface area (Å²) in [5.41, 5.74) is 3.22. The van der Waals surface area contributed by atoms with Crippen LogP contribution in [0.1, 0.15) is 29.9 Å². The zero-order chi connectivity index (χ0) is 9.38. The summed E-state index contributed by atoms with van der Waals surface area (Å²) in [4.78, 5) is 0. The molecular formula is C13H16N. The highest BCUT2D eigenvalue weighted by atomic mass is 14.9. The van der Waals surface area contributed by atoms with Crippen molar-refractivity contribution >= 4 is 0 Å². The van der Waals surface area contributed by atoms with Gasteiger partial charge in [0.25, 0.3) is 0 Å². The second-order valence-electron chi connectivity index (χ2n) is 4.52. The van der Waals surface area contributed by atoms with Crippen molar-refractivity contribution in [2.24, 2.45) is 5.92 Å². The molecule has 2 aliphatic rings. The van der Waals surface area contributed by atoms with Crippen molar-refractivity contribution in [3.05, 3.63) is 35.4 Å². The maximum Gasteiger partial charge on any atom is 0.0167 e. The fourth-order valence-corrected chi connectivity index (χ4v) is 3.02. The molecule has 1 aromatic carbocycles. The van der Waals surface area contributed by atoms with Crippen LogP contribution in [0.25, 0.3) is 0 Å². The van der Waals surface area contributed by atoms with Crippen LogP contribution in [0.4, 0.5) is 0 Å². The highest BCUT2D eigenvalue weighted by Gasteiger charge is 2.31. The monoisotopic (exact) mass is 186 g/mol. The highest BCUT2D eigenvalue weighted by molar-refractivity contribution is 5.33. The number of rotatable bonds is 0. The largest absolute Gasteiger partial charge is 0.241 e. The summed E-state index contributed by atoms with van der Waals surface area (Å²) < 4.78 is 0. The molecule has 1 fully saturated rings. The smallest absolute Gasteiger partial charge is 0.0167 e. The van der Waals surface area contributed by atoms with E-state index in [2.05, 4.69) is 29.6 Å². The average molecular weight is 186 g/mol. The molecule has 0 N–H and O–H groups in total. The fraction of sp³-hybridized carbons (Fsp3) is 0.538. The normalized spacial score (nSPS) is 30.6. The predicted molar refractivity (Wildman–Crippen MR) is 57.5 cm³/mol. The van der Waals surface area contributed by atoms with Crippen molar-refractivity contribution in [3.63, 3.8) is 0 Å². The van der Waals surface area contributed by atoms with Gasteiger partial charge >= 0.3 is 0 Å². The Morgan fingerprint density at radius 3 is 3.07 bits per heavy atom. The van der Waals surface area contributed by atoms with Crippen LogP contribution < -0.4 is 5.32 Å². The zero-order valence-corrected chi connectivity index (χ0v) is 8.45. The predicted octanol–water partition coefficient (Wildman–Crippen LogP) is 2.34. The third kappa shape index (κ3) is 1.27. The molecule has 73 valence electrons. The summed E-state index contributed by atoms with van der Waals surface area (Å²) in [5, 5.41) is 4.53. The Labute approximate surface area is 85.5 Å². The van der Waals surface area contributed by atoms with E-state index in [4.69, 9.17) is 0 Å². The Hall–Kier alpha value is -0.820. The molecule has 1 radical (unpaired) electrons. The second-order valence-corrected chi connectivity index (χ2v) is 4.52. The molecule has 0 spiro atoms. The average Bonchev–Trinajstić information content (AvgIpc) is 2.29. The highest BCUT2D eigenvalue weighted by Crippen LogP contribution is 2.39. The standard InChI is InChI=1S/C13H16N/c1-2-4-12-10(3-1)5-6-11-9-14-8-7-13(11)12/h1-4,11,13H,5-9H2. The van der Waals surface area contributed by atoms with Crippen molar-refractivity contribution < 1.29 is 0 Å². The van der Waals surface area contributed by atoms with Crippen LogP contribution in [0.3, 0.4) is 0 Å². The zero-order valence-electron chi connectivity index (χ0n) is 8.45. The lowest BCUT2D eigenvalue weighted by atomic mass is 9.72. The van der Waals surface area contributed by atoms with Crippen LogP contribution in [-0.2, 0) is 6.42 Å². The van der Waals surface area contributed by atoms with Gasteiger partial charge in [0, 0.05) is 13.1 Å². The molecule has 0 bridgehead atoms. The van der Waals surface area contributed by atoms with Crippen molar-refractivity contribution in [1.29, 1.82) is 0 Å². The van der Waals surface area contributed by atoms with E-state index in [0.29, 0.717) is 0 Å². The van der Waals surface area contributed by atoms with Gasteiger partial charge in [-0.05, 0) is 42.2 Å². The number of fused-ring (bicyclic) bond motifs is 3. The van der Waals surface area contributed by atoms with Gasteiger partial charge in [0.05, 0.1) is 0 Å². The van der Waals surface area contributed by atoms with Crippen LogP contribution in [0, 0.1) is 5.92 Å². The SMILES string of the molecule is c1ccc2c(c1)CCC1C[N]CCC21. The topological polar surface area (TPSA) is 14.1 Å². The van der Waals surface area contributed by atoms with Crippen LogP contribution in [0.5, 0.6) is 0 Å². The van der Waals surface area contributed by atoms with E-state index in [9.17, 15) is 0 Å². The van der Waals surface area contributed by atoms with Gasteiger partial charge in [-0.1, -0.05) is 24.3 Å². The molecule has 0 saturated carbocycles. The first-order valence-corrected chi connectivity index (χ1v) is 5.66. The lowest BCUT2D eigenvalue weighted by Gasteiger charge is -2.36. The van der Waals surface area contributed by atoms with Crippen molar-refractivity contribution in [2.45, 2.75) is 25.2 Å². The molecule has 3 rings (SSSR count). The summed E-state index contributed by atoms with van der Waals surface area (Å²) in [7, 11) is 0. The maximum absolute atomic E-state index is 4.53. The maximum atomic E-state index is 4.53. The van der Waals surface area contributed by atoms with Crippen LogP contribution in [-0.4, -0.2) is 13.1 Å². The molecule has 1 aliphatic heterocycles. The van der Waals surface area contributed by atoms with Crippen molar-refractivity contribution in [1.82, 2.24) is 5.32 Å². The quantitative estimate of drug-likeness (QED) is 0.590. The molecule has 2 unspecified atom stereocenters. The summed E-state index contributed by atoms with van der Waals surface area (Å²) in [6.45, 7) is 2.19. The first-order chi connectivity index (χ1) is 6.95. The summed E-state index contributed by atoms with van der Waals surface area (Å²) >= 11 is 0. The van der Waals surface area contributed by atoms with E-state index >= 15 is 0 Å². The number of benzene rings is 1. The van der Waals surface area contributed by atoms with Crippen molar-refractivity contribution in [3.8, 4) is 0 Å². The fourth-order valence-electron chi connectivity index (χ4n) is 3.02. The van der Waals surface area contributed by atoms with Gasteiger partial charge in [0.1, 0.15) is 0 Å². The molecule has 14 heavy (non-hydrogen) atoms. The number of piperidine rings is 1. The van der Waals surface area contributed by atoms with E-state index in [-0.39, 0.29) is 0 Å². The number of hydrogen-bond acceptors (Lipinski definition) is 0. The van der Waals surface area contributed by atoms with E-state index < -0.39 is 0 Å². The van der Waals surface area contributed by atoms with E-state index in [1.54, 1.807) is 11.1 Å². The Morgan fingerprint density at radius 2 is 2.07 bits per heavy atom. The lowest BCUT2D eigenvalue weighted by molar-refractivity contribution is 0.289. The lowest BCUT2D eigenvalue weighted by Crippen LogP contribution is -2.34. The first-order valence-electron chi connectivity index (χ1n) is 5.66. The minimum atomic E-state index is 0.817. The van der Waals surface area contributed by atoms with Gasteiger partial charge in [-0.25, -0.2) is 5.32 Å². The Morgan fingerprint density at radius 1 is 1.14 bits per heavy atom. The third-order valence-electron chi connectivity index (χ3n) is 3.77. The molecule has 0 amide bonds. The summed E-state index contributed by atoms with van der Waals surface area (Å²) in [5.74, 6) is 1.66. The van der Waals surface area contributed by atoms with Gasteiger partial charge in [-0.3, -0.25) is 0 Å². The van der Waals surface area contributed by atoms with Gasteiger partial charge in [0.2, 0.25) is 0 Å². The number of aryl methyl sites for hydroxylation is 1.